The second-order valence-corrected chi connectivity index (χ2v) is 6.93. The van der Waals surface area contributed by atoms with Gasteiger partial charge in [-0.1, -0.05) is 31.5 Å². The fourth-order valence-electron chi connectivity index (χ4n) is 2.49. The van der Waals surface area contributed by atoms with Gasteiger partial charge in [0.2, 0.25) is 5.91 Å². The van der Waals surface area contributed by atoms with Crippen LogP contribution in [0.15, 0.2) is 18.2 Å². The third kappa shape index (κ3) is 5.48. The fraction of sp³-hybridized carbons (Fsp3) is 0.526. The Morgan fingerprint density at radius 2 is 1.79 bits per heavy atom. The van der Waals surface area contributed by atoms with Crippen molar-refractivity contribution >= 4 is 17.7 Å². The number of aryl methyl sites for hydroxylation is 2. The second-order valence-electron chi connectivity index (χ2n) is 6.93. The van der Waals surface area contributed by atoms with Crippen molar-refractivity contribution < 1.29 is 19.5 Å². The van der Waals surface area contributed by atoms with Crippen molar-refractivity contribution in [2.45, 2.75) is 59.4 Å². The molecule has 1 unspecified atom stereocenters. The van der Waals surface area contributed by atoms with Crippen molar-refractivity contribution in [3.05, 3.63) is 34.9 Å². The maximum Gasteiger partial charge on any atom is 0.305 e. The predicted molar refractivity (Wildman–Crippen MR) is 93.1 cm³/mol. The zero-order valence-electron chi connectivity index (χ0n) is 15.1. The zero-order valence-corrected chi connectivity index (χ0v) is 15.1. The SMILES string of the molecule is Cc1ccc(C)c(C(=O)CCC(=O)NC(C)(CC(=O)O)C(C)C)c1. The summed E-state index contributed by atoms with van der Waals surface area (Å²) in [5.74, 6) is -1.37. The highest BCUT2D eigenvalue weighted by Crippen LogP contribution is 2.21. The molecular formula is C19H27NO4. The molecule has 2 N–H and O–H groups in total. The fourth-order valence-corrected chi connectivity index (χ4v) is 2.49. The Morgan fingerprint density at radius 1 is 1.17 bits per heavy atom. The Hall–Kier alpha value is -2.17. The molecule has 1 rings (SSSR count). The van der Waals surface area contributed by atoms with Crippen LogP contribution in [-0.4, -0.2) is 28.3 Å². The standard InChI is InChI=1S/C19H27NO4/c1-12(2)19(5,11-18(23)24)20-17(22)9-8-16(21)15-10-13(3)6-7-14(15)4/h6-7,10,12H,8-9,11H2,1-5H3,(H,20,22)(H,23,24). The van der Waals surface area contributed by atoms with E-state index in [1.165, 1.54) is 0 Å². The Morgan fingerprint density at radius 3 is 2.33 bits per heavy atom. The molecule has 0 saturated heterocycles. The summed E-state index contributed by atoms with van der Waals surface area (Å²) in [5.41, 5.74) is 1.71. The van der Waals surface area contributed by atoms with Crippen molar-refractivity contribution in [2.75, 3.05) is 0 Å². The number of ketones is 1. The number of hydrogen-bond donors (Lipinski definition) is 2. The van der Waals surface area contributed by atoms with Gasteiger partial charge in [0.1, 0.15) is 0 Å². The Kier molecular flexibility index (Phi) is 6.70. The van der Waals surface area contributed by atoms with Crippen LogP contribution in [0.4, 0.5) is 0 Å². The van der Waals surface area contributed by atoms with Crippen molar-refractivity contribution in [3.63, 3.8) is 0 Å². The van der Waals surface area contributed by atoms with E-state index in [4.69, 9.17) is 5.11 Å². The summed E-state index contributed by atoms with van der Waals surface area (Å²) < 4.78 is 0. The largest absolute Gasteiger partial charge is 0.481 e. The molecule has 5 heteroatoms. The molecule has 0 heterocycles. The van der Waals surface area contributed by atoms with Gasteiger partial charge in [-0.05, 0) is 38.3 Å². The number of carbonyl (C=O) groups is 3. The van der Waals surface area contributed by atoms with Gasteiger partial charge in [-0.3, -0.25) is 14.4 Å². The highest BCUT2D eigenvalue weighted by Gasteiger charge is 2.32. The number of carboxylic acid groups (broad SMARTS) is 1. The van der Waals surface area contributed by atoms with Crippen molar-refractivity contribution in [1.82, 2.24) is 5.32 Å². The van der Waals surface area contributed by atoms with E-state index in [0.717, 1.165) is 11.1 Å². The molecule has 1 aromatic carbocycles. The molecule has 0 spiro atoms. The van der Waals surface area contributed by atoms with Crippen LogP contribution in [0.2, 0.25) is 0 Å². The van der Waals surface area contributed by atoms with Gasteiger partial charge in [0.15, 0.2) is 5.78 Å². The molecule has 0 radical (unpaired) electrons. The van der Waals surface area contributed by atoms with E-state index in [2.05, 4.69) is 5.32 Å². The van der Waals surface area contributed by atoms with Crippen LogP contribution in [0, 0.1) is 19.8 Å². The number of rotatable bonds is 8. The number of carboxylic acids is 1. The molecule has 5 nitrogen and oxygen atoms in total. The number of nitrogens with one attached hydrogen (secondary N) is 1. The zero-order chi connectivity index (χ0) is 18.5. The summed E-state index contributed by atoms with van der Waals surface area (Å²) >= 11 is 0. The average molecular weight is 333 g/mol. The van der Waals surface area contributed by atoms with Crippen LogP contribution in [0.3, 0.4) is 0 Å². The van der Waals surface area contributed by atoms with Crippen LogP contribution in [0.25, 0.3) is 0 Å². The smallest absolute Gasteiger partial charge is 0.305 e. The van der Waals surface area contributed by atoms with Gasteiger partial charge in [-0.25, -0.2) is 0 Å². The van der Waals surface area contributed by atoms with Crippen LogP contribution >= 0.6 is 0 Å². The molecular weight excluding hydrogens is 306 g/mol. The molecule has 0 fully saturated rings. The van der Waals surface area contributed by atoms with Gasteiger partial charge in [-0.15, -0.1) is 0 Å². The molecule has 0 aliphatic heterocycles. The van der Waals surface area contributed by atoms with Crippen molar-refractivity contribution in [1.29, 1.82) is 0 Å². The lowest BCUT2D eigenvalue weighted by atomic mass is 9.85. The van der Waals surface area contributed by atoms with Crippen LogP contribution in [0.1, 0.15) is 61.5 Å². The van der Waals surface area contributed by atoms with Gasteiger partial charge in [0, 0.05) is 23.9 Å². The van der Waals surface area contributed by atoms with Gasteiger partial charge >= 0.3 is 5.97 Å². The first kappa shape index (κ1) is 19.9. The number of hydrogen-bond acceptors (Lipinski definition) is 3. The lowest BCUT2D eigenvalue weighted by Crippen LogP contribution is -2.51. The lowest BCUT2D eigenvalue weighted by Gasteiger charge is -2.33. The number of Topliss-reactive ketones (excluding diaryl/α,β-unsaturated/α-hetero) is 1. The average Bonchev–Trinajstić information content (AvgIpc) is 2.46. The molecule has 24 heavy (non-hydrogen) atoms. The van der Waals surface area contributed by atoms with E-state index in [-0.39, 0.29) is 36.9 Å². The van der Waals surface area contributed by atoms with Crippen molar-refractivity contribution in [2.24, 2.45) is 5.92 Å². The third-order valence-electron chi connectivity index (χ3n) is 4.49. The first-order chi connectivity index (χ1) is 11.0. The predicted octanol–water partition coefficient (Wildman–Crippen LogP) is 3.27. The first-order valence-corrected chi connectivity index (χ1v) is 8.18. The minimum absolute atomic E-state index is 0.0349. The van der Waals surface area contributed by atoms with E-state index < -0.39 is 11.5 Å². The summed E-state index contributed by atoms with van der Waals surface area (Å²) in [4.78, 5) is 35.5. The monoisotopic (exact) mass is 333 g/mol. The Balaban J connectivity index is 2.69. The summed E-state index contributed by atoms with van der Waals surface area (Å²) in [7, 11) is 0. The quantitative estimate of drug-likeness (QED) is 0.715. The van der Waals surface area contributed by atoms with Gasteiger partial charge in [-0.2, -0.15) is 0 Å². The van der Waals surface area contributed by atoms with Gasteiger partial charge in [0.05, 0.1) is 6.42 Å². The number of aliphatic carboxylic acids is 1. The lowest BCUT2D eigenvalue weighted by molar-refractivity contribution is -0.139. The van der Waals surface area contributed by atoms with Gasteiger partial charge < -0.3 is 10.4 Å². The summed E-state index contributed by atoms with van der Waals surface area (Å²) in [5, 5.41) is 11.8. The van der Waals surface area contributed by atoms with Crippen LogP contribution in [0.5, 0.6) is 0 Å². The minimum atomic E-state index is -0.960. The highest BCUT2D eigenvalue weighted by molar-refractivity contribution is 5.99. The van der Waals surface area contributed by atoms with Crippen LogP contribution in [-0.2, 0) is 9.59 Å². The summed E-state index contributed by atoms with van der Waals surface area (Å²) in [6.07, 6.45) is 0.00680. The molecule has 0 aliphatic rings. The summed E-state index contributed by atoms with van der Waals surface area (Å²) in [6, 6.07) is 5.67. The maximum absolute atomic E-state index is 12.3. The number of amides is 1. The third-order valence-corrected chi connectivity index (χ3v) is 4.49. The van der Waals surface area contributed by atoms with Crippen molar-refractivity contribution in [3.8, 4) is 0 Å². The Bertz CT molecular complexity index is 636. The molecule has 0 bridgehead atoms. The number of benzene rings is 1. The van der Waals surface area contributed by atoms with E-state index in [0.29, 0.717) is 5.56 Å². The molecule has 1 atom stereocenters. The van der Waals surface area contributed by atoms with E-state index >= 15 is 0 Å². The number of carbonyl (C=O) groups excluding carboxylic acids is 2. The van der Waals surface area contributed by atoms with Crippen LogP contribution < -0.4 is 5.32 Å². The molecule has 0 saturated carbocycles. The maximum atomic E-state index is 12.3. The normalized spacial score (nSPS) is 13.4. The topological polar surface area (TPSA) is 83.5 Å². The Labute approximate surface area is 143 Å². The first-order valence-electron chi connectivity index (χ1n) is 8.18. The van der Waals surface area contributed by atoms with E-state index in [9.17, 15) is 14.4 Å². The second kappa shape index (κ2) is 8.08. The highest BCUT2D eigenvalue weighted by atomic mass is 16.4. The molecule has 1 amide bonds. The molecule has 0 aromatic heterocycles. The molecule has 0 aliphatic carbocycles. The van der Waals surface area contributed by atoms with Gasteiger partial charge in [0.25, 0.3) is 0 Å². The molecule has 1 aromatic rings. The minimum Gasteiger partial charge on any atom is -0.481 e. The van der Waals surface area contributed by atoms with E-state index in [1.54, 1.807) is 6.92 Å². The van der Waals surface area contributed by atoms with E-state index in [1.807, 2.05) is 45.9 Å². The summed E-state index contributed by atoms with van der Waals surface area (Å²) in [6.45, 7) is 9.24. The molecule has 132 valence electrons.